The van der Waals surface area contributed by atoms with Crippen LogP contribution in [0.4, 0.5) is 17.1 Å². The first-order valence-electron chi connectivity index (χ1n) is 11.1. The third-order valence-electron chi connectivity index (χ3n) is 6.45. The Morgan fingerprint density at radius 1 is 0.971 bits per heavy atom. The molecule has 1 unspecified atom stereocenters. The Balaban J connectivity index is 1.52. The van der Waals surface area contributed by atoms with E-state index in [1.807, 2.05) is 87.5 Å². The number of benzene rings is 3. The third kappa shape index (κ3) is 3.47. The molecule has 0 aromatic heterocycles. The Hall–Kier alpha value is -3.58. The lowest BCUT2D eigenvalue weighted by Crippen LogP contribution is -2.50. The summed E-state index contributed by atoms with van der Waals surface area (Å²) in [7, 11) is 0. The Labute approximate surface area is 202 Å². The van der Waals surface area contributed by atoms with E-state index in [0.717, 1.165) is 22.3 Å². The van der Waals surface area contributed by atoms with Crippen LogP contribution in [0.3, 0.4) is 0 Å². The highest BCUT2D eigenvalue weighted by atomic mass is 32.2. The van der Waals surface area contributed by atoms with E-state index in [2.05, 4.69) is 5.32 Å². The number of aryl methyl sites for hydroxylation is 3. The van der Waals surface area contributed by atoms with Crippen LogP contribution < -0.4 is 15.1 Å². The molecule has 2 heterocycles. The summed E-state index contributed by atoms with van der Waals surface area (Å²) in [4.78, 5) is 42.0. The first kappa shape index (κ1) is 22.2. The van der Waals surface area contributed by atoms with E-state index in [1.54, 1.807) is 4.90 Å². The predicted molar refractivity (Wildman–Crippen MR) is 136 cm³/mol. The molecule has 1 fully saturated rings. The number of carbonyl (C=O) groups is 3. The molecule has 1 atom stereocenters. The molecule has 5 rings (SSSR count). The number of hydrogen-bond acceptors (Lipinski definition) is 4. The number of hydrogen-bond donors (Lipinski definition) is 1. The van der Waals surface area contributed by atoms with E-state index in [0.29, 0.717) is 17.1 Å². The molecule has 0 radical (unpaired) electrons. The largest absolute Gasteiger partial charge is 0.325 e. The molecule has 6 nitrogen and oxygen atoms in total. The van der Waals surface area contributed by atoms with Gasteiger partial charge in [-0.1, -0.05) is 42.0 Å². The van der Waals surface area contributed by atoms with Crippen molar-refractivity contribution in [2.45, 2.75) is 25.6 Å². The SMILES string of the molecule is Cc1ccc(NC(=O)CN2C(=O)C3(SCC(=O)N3c3ccc(C)c(C)c3)c3ccccc32)cc1. The van der Waals surface area contributed by atoms with Crippen LogP contribution in [0.5, 0.6) is 0 Å². The number of amides is 3. The standard InChI is InChI=1S/C27H25N3O3S/c1-17-8-11-20(12-9-17)28-24(31)15-29-23-7-5-4-6-22(23)27(26(29)33)30(25(32)16-34-27)21-13-10-18(2)19(3)14-21/h4-14H,15-16H2,1-3H3,(H,28,31). The molecule has 0 aliphatic carbocycles. The second-order valence-corrected chi connectivity index (χ2v) is 9.92. The minimum absolute atomic E-state index is 0.123. The van der Waals surface area contributed by atoms with Gasteiger partial charge in [0.25, 0.3) is 5.91 Å². The van der Waals surface area contributed by atoms with Crippen molar-refractivity contribution in [2.24, 2.45) is 0 Å². The number of anilines is 3. The van der Waals surface area contributed by atoms with Gasteiger partial charge in [0.2, 0.25) is 16.7 Å². The second-order valence-electron chi connectivity index (χ2n) is 8.75. The minimum Gasteiger partial charge on any atom is -0.325 e. The van der Waals surface area contributed by atoms with Gasteiger partial charge in [-0.3, -0.25) is 24.2 Å². The van der Waals surface area contributed by atoms with Gasteiger partial charge in [-0.25, -0.2) is 0 Å². The summed E-state index contributed by atoms with van der Waals surface area (Å²) in [6.07, 6.45) is 0. The lowest BCUT2D eigenvalue weighted by molar-refractivity contribution is -0.124. The van der Waals surface area contributed by atoms with Crippen LogP contribution in [0.2, 0.25) is 0 Å². The summed E-state index contributed by atoms with van der Waals surface area (Å²) in [5.74, 6) is -0.503. The highest BCUT2D eigenvalue weighted by Crippen LogP contribution is 2.55. The summed E-state index contributed by atoms with van der Waals surface area (Å²) in [5, 5.41) is 2.87. The average Bonchev–Trinajstić information content (AvgIpc) is 3.28. The van der Waals surface area contributed by atoms with E-state index >= 15 is 0 Å². The summed E-state index contributed by atoms with van der Waals surface area (Å²) < 4.78 is 0. The van der Waals surface area contributed by atoms with Gasteiger partial charge in [-0.05, 0) is 62.2 Å². The number of fused-ring (bicyclic) bond motifs is 2. The Morgan fingerprint density at radius 2 is 1.71 bits per heavy atom. The molecule has 34 heavy (non-hydrogen) atoms. The van der Waals surface area contributed by atoms with E-state index < -0.39 is 4.87 Å². The lowest BCUT2D eigenvalue weighted by Gasteiger charge is -2.33. The van der Waals surface area contributed by atoms with Crippen LogP contribution in [0.15, 0.2) is 66.7 Å². The van der Waals surface area contributed by atoms with Gasteiger partial charge >= 0.3 is 0 Å². The molecule has 2 aliphatic heterocycles. The molecule has 7 heteroatoms. The summed E-state index contributed by atoms with van der Waals surface area (Å²) in [6.45, 7) is 5.85. The molecule has 0 saturated carbocycles. The van der Waals surface area contributed by atoms with Gasteiger partial charge in [0.15, 0.2) is 0 Å². The van der Waals surface area contributed by atoms with E-state index in [4.69, 9.17) is 0 Å². The normalized spacial score (nSPS) is 19.1. The molecule has 1 saturated heterocycles. The fourth-order valence-electron chi connectivity index (χ4n) is 4.56. The molecule has 0 bridgehead atoms. The first-order valence-corrected chi connectivity index (χ1v) is 12.1. The van der Waals surface area contributed by atoms with Crippen LogP contribution in [0, 0.1) is 20.8 Å². The molecule has 2 aliphatic rings. The summed E-state index contributed by atoms with van der Waals surface area (Å²) >= 11 is 1.31. The number of nitrogens with one attached hydrogen (secondary N) is 1. The summed E-state index contributed by atoms with van der Waals surface area (Å²) in [5.41, 5.74) is 6.01. The van der Waals surface area contributed by atoms with Crippen LogP contribution >= 0.6 is 11.8 Å². The quantitative estimate of drug-likeness (QED) is 0.607. The number of thioether (sulfide) groups is 1. The predicted octanol–water partition coefficient (Wildman–Crippen LogP) is 4.53. The van der Waals surface area contributed by atoms with Crippen molar-refractivity contribution in [3.8, 4) is 0 Å². The van der Waals surface area contributed by atoms with Crippen LogP contribution in [0.25, 0.3) is 0 Å². The van der Waals surface area contributed by atoms with Crippen molar-refractivity contribution in [2.75, 3.05) is 27.4 Å². The molecule has 3 amide bonds. The minimum atomic E-state index is -1.22. The zero-order valence-electron chi connectivity index (χ0n) is 19.3. The highest BCUT2D eigenvalue weighted by Gasteiger charge is 2.61. The van der Waals surface area contributed by atoms with Crippen molar-refractivity contribution < 1.29 is 14.4 Å². The molecule has 1 spiro atoms. The smallest absolute Gasteiger partial charge is 0.269 e. The first-order chi connectivity index (χ1) is 16.3. The Kier molecular flexibility index (Phi) is 5.44. The maximum absolute atomic E-state index is 14.0. The van der Waals surface area contributed by atoms with E-state index in [9.17, 15) is 14.4 Å². The van der Waals surface area contributed by atoms with Crippen LogP contribution in [-0.4, -0.2) is 30.0 Å². The average molecular weight is 472 g/mol. The maximum Gasteiger partial charge on any atom is 0.269 e. The van der Waals surface area contributed by atoms with E-state index in [-0.39, 0.29) is 30.0 Å². The monoisotopic (exact) mass is 471 g/mol. The fourth-order valence-corrected chi connectivity index (χ4v) is 5.92. The molecule has 3 aromatic rings. The second kappa shape index (κ2) is 8.33. The summed E-state index contributed by atoms with van der Waals surface area (Å²) in [6, 6.07) is 20.7. The molecular weight excluding hydrogens is 446 g/mol. The van der Waals surface area contributed by atoms with Gasteiger partial charge in [-0.2, -0.15) is 0 Å². The Morgan fingerprint density at radius 3 is 2.44 bits per heavy atom. The van der Waals surface area contributed by atoms with Crippen molar-refractivity contribution >= 4 is 46.5 Å². The van der Waals surface area contributed by atoms with Crippen molar-refractivity contribution in [1.29, 1.82) is 0 Å². The van der Waals surface area contributed by atoms with Crippen molar-refractivity contribution in [1.82, 2.24) is 0 Å². The molecule has 1 N–H and O–H groups in total. The van der Waals surface area contributed by atoms with Gasteiger partial charge in [0.05, 0.1) is 11.4 Å². The lowest BCUT2D eigenvalue weighted by atomic mass is 10.0. The molecular formula is C27H25N3O3S. The van der Waals surface area contributed by atoms with Crippen molar-refractivity contribution in [3.63, 3.8) is 0 Å². The van der Waals surface area contributed by atoms with Crippen LogP contribution in [0.1, 0.15) is 22.3 Å². The van der Waals surface area contributed by atoms with Crippen LogP contribution in [-0.2, 0) is 19.3 Å². The van der Waals surface area contributed by atoms with Gasteiger partial charge in [0, 0.05) is 16.9 Å². The highest BCUT2D eigenvalue weighted by molar-refractivity contribution is 8.02. The third-order valence-corrected chi connectivity index (χ3v) is 7.84. The maximum atomic E-state index is 14.0. The molecule has 172 valence electrons. The van der Waals surface area contributed by atoms with Crippen molar-refractivity contribution in [3.05, 3.63) is 89.0 Å². The number of rotatable bonds is 4. The van der Waals surface area contributed by atoms with Gasteiger partial charge < -0.3 is 5.32 Å². The number of carbonyl (C=O) groups excluding carboxylic acids is 3. The number of nitrogens with zero attached hydrogens (tertiary/aromatic N) is 2. The topological polar surface area (TPSA) is 69.7 Å². The van der Waals surface area contributed by atoms with E-state index in [1.165, 1.54) is 16.7 Å². The zero-order chi connectivity index (χ0) is 24.0. The zero-order valence-corrected chi connectivity index (χ0v) is 20.1. The van der Waals surface area contributed by atoms with Gasteiger partial charge in [-0.15, -0.1) is 11.8 Å². The Bertz CT molecular complexity index is 1320. The fraction of sp³-hybridized carbons (Fsp3) is 0.222. The molecule has 3 aromatic carbocycles. The van der Waals surface area contributed by atoms with Gasteiger partial charge in [0.1, 0.15) is 6.54 Å². The number of para-hydroxylation sites is 1.